The Morgan fingerprint density at radius 2 is 2.08 bits per heavy atom. The molecule has 6 atom stereocenters. The molecule has 0 amide bonds. The van der Waals surface area contributed by atoms with Crippen LogP contribution < -0.4 is 0 Å². The van der Waals surface area contributed by atoms with Crippen LogP contribution in [-0.4, -0.2) is 4.87 Å². The minimum Gasteiger partial charge on any atom is -0.118 e. The Morgan fingerprint density at radius 1 is 1.15 bits per heavy atom. The maximum Gasteiger partial charge on any atom is 0.0573 e. The lowest BCUT2D eigenvalue weighted by Crippen LogP contribution is -2.41. The van der Waals surface area contributed by atoms with Crippen LogP contribution in [0, 0.1) is 29.6 Å². The van der Waals surface area contributed by atoms with Crippen molar-refractivity contribution in [2.45, 2.75) is 30.6 Å². The highest BCUT2D eigenvalue weighted by Crippen LogP contribution is 2.70. The average molecular weight is 195 g/mol. The highest BCUT2D eigenvalue weighted by atomic mass is 35.5. The Morgan fingerprint density at radius 3 is 2.92 bits per heavy atom. The summed E-state index contributed by atoms with van der Waals surface area (Å²) in [6.45, 7) is 0. The van der Waals surface area contributed by atoms with E-state index in [0.29, 0.717) is 0 Å². The fourth-order valence-corrected chi connectivity index (χ4v) is 5.63. The molecule has 4 aliphatic rings. The zero-order chi connectivity index (χ0) is 8.63. The zero-order valence-electron chi connectivity index (χ0n) is 7.75. The summed E-state index contributed by atoms with van der Waals surface area (Å²) in [5.41, 5.74) is 0. The molecule has 70 valence electrons. The maximum atomic E-state index is 6.91. The molecule has 0 heterocycles. The lowest BCUT2D eigenvalue weighted by molar-refractivity contribution is 0.233. The molecule has 1 heteroatoms. The zero-order valence-corrected chi connectivity index (χ0v) is 8.50. The van der Waals surface area contributed by atoms with Crippen LogP contribution in [0.1, 0.15) is 25.7 Å². The second-order valence-corrected chi connectivity index (χ2v) is 6.17. The molecule has 0 aliphatic heterocycles. The van der Waals surface area contributed by atoms with Crippen LogP contribution in [0.15, 0.2) is 12.2 Å². The van der Waals surface area contributed by atoms with E-state index >= 15 is 0 Å². The van der Waals surface area contributed by atoms with Gasteiger partial charge in [-0.15, -0.1) is 11.6 Å². The van der Waals surface area contributed by atoms with E-state index in [2.05, 4.69) is 12.2 Å². The number of hydrogen-bond acceptors (Lipinski definition) is 0. The van der Waals surface area contributed by atoms with Crippen molar-refractivity contribution in [2.75, 3.05) is 0 Å². The van der Waals surface area contributed by atoms with Gasteiger partial charge in [0.15, 0.2) is 0 Å². The minimum absolute atomic E-state index is 0.225. The molecule has 3 saturated carbocycles. The highest BCUT2D eigenvalue weighted by molar-refractivity contribution is 6.25. The summed E-state index contributed by atoms with van der Waals surface area (Å²) >= 11 is 6.91. The summed E-state index contributed by atoms with van der Waals surface area (Å²) in [6.07, 6.45) is 10.6. The first-order valence-corrected chi connectivity index (χ1v) is 6.05. The Labute approximate surface area is 84.3 Å². The Bertz CT molecular complexity index is 295. The molecule has 4 rings (SSSR count). The van der Waals surface area contributed by atoms with E-state index in [1.54, 1.807) is 0 Å². The molecule has 0 radical (unpaired) electrons. The van der Waals surface area contributed by atoms with Crippen LogP contribution in [0.25, 0.3) is 0 Å². The Balaban J connectivity index is 1.89. The van der Waals surface area contributed by atoms with E-state index in [4.69, 9.17) is 11.6 Å². The quantitative estimate of drug-likeness (QED) is 0.316. The topological polar surface area (TPSA) is 0 Å². The van der Waals surface area contributed by atoms with Crippen LogP contribution >= 0.6 is 11.6 Å². The van der Waals surface area contributed by atoms with E-state index in [1.165, 1.54) is 25.7 Å². The first-order chi connectivity index (χ1) is 6.30. The average Bonchev–Trinajstić information content (AvgIpc) is 2.79. The monoisotopic (exact) mass is 194 g/mol. The second-order valence-electron chi connectivity index (χ2n) is 5.51. The van der Waals surface area contributed by atoms with E-state index in [1.807, 2.05) is 0 Å². The van der Waals surface area contributed by atoms with E-state index in [-0.39, 0.29) is 4.87 Å². The number of halogens is 1. The minimum atomic E-state index is 0.225. The number of fused-ring (bicyclic) bond motifs is 9. The third kappa shape index (κ3) is 0.624. The molecular formula is C12H15Cl. The highest BCUT2D eigenvalue weighted by Gasteiger charge is 2.66. The van der Waals surface area contributed by atoms with Crippen LogP contribution in [0.4, 0.5) is 0 Å². The molecule has 0 nitrogen and oxygen atoms in total. The largest absolute Gasteiger partial charge is 0.118 e. The van der Waals surface area contributed by atoms with Gasteiger partial charge in [0.05, 0.1) is 4.87 Å². The number of hydrogen-bond donors (Lipinski definition) is 0. The standard InChI is InChI=1S/C12H15Cl/c13-12-9-3-1-7(5-9)11(12)8-2-4-10(12)6-8/h1,3,7-11H,2,4-6H2. The third-order valence-corrected chi connectivity index (χ3v) is 6.10. The van der Waals surface area contributed by atoms with Gasteiger partial charge in [0, 0.05) is 0 Å². The summed E-state index contributed by atoms with van der Waals surface area (Å²) in [6, 6.07) is 0. The fourth-order valence-electron chi connectivity index (χ4n) is 4.93. The summed E-state index contributed by atoms with van der Waals surface area (Å²) < 4.78 is 0. The Hall–Kier alpha value is 0.0300. The van der Waals surface area contributed by atoms with Crippen molar-refractivity contribution in [3.05, 3.63) is 12.2 Å². The van der Waals surface area contributed by atoms with E-state index < -0.39 is 0 Å². The number of allylic oxidation sites excluding steroid dienone is 2. The lowest BCUT2D eigenvalue weighted by atomic mass is 9.73. The van der Waals surface area contributed by atoms with Crippen molar-refractivity contribution in [1.29, 1.82) is 0 Å². The molecule has 0 spiro atoms. The van der Waals surface area contributed by atoms with Gasteiger partial charge in [0.1, 0.15) is 0 Å². The van der Waals surface area contributed by atoms with Crippen LogP contribution in [-0.2, 0) is 0 Å². The Kier molecular flexibility index (Phi) is 1.13. The van der Waals surface area contributed by atoms with Gasteiger partial charge in [0.2, 0.25) is 0 Å². The first-order valence-electron chi connectivity index (χ1n) is 5.67. The first kappa shape index (κ1) is 7.34. The summed E-state index contributed by atoms with van der Waals surface area (Å²) in [5.74, 6) is 4.31. The van der Waals surface area contributed by atoms with Gasteiger partial charge in [-0.3, -0.25) is 0 Å². The normalized spacial score (nSPS) is 66.4. The lowest BCUT2D eigenvalue weighted by Gasteiger charge is -2.40. The van der Waals surface area contributed by atoms with Gasteiger partial charge < -0.3 is 0 Å². The SMILES string of the molecule is ClC12C3C=CC(C3)C1C1CCC2C1. The molecule has 6 unspecified atom stereocenters. The number of rotatable bonds is 0. The molecule has 0 N–H and O–H groups in total. The van der Waals surface area contributed by atoms with E-state index in [9.17, 15) is 0 Å². The van der Waals surface area contributed by atoms with Crippen LogP contribution in [0.2, 0.25) is 0 Å². The number of alkyl halides is 1. The van der Waals surface area contributed by atoms with Gasteiger partial charge in [-0.25, -0.2) is 0 Å². The fraction of sp³-hybridized carbons (Fsp3) is 0.833. The van der Waals surface area contributed by atoms with Crippen molar-refractivity contribution in [3.63, 3.8) is 0 Å². The smallest absolute Gasteiger partial charge is 0.0573 e. The van der Waals surface area contributed by atoms with Crippen molar-refractivity contribution < 1.29 is 0 Å². The molecule has 13 heavy (non-hydrogen) atoms. The van der Waals surface area contributed by atoms with Crippen LogP contribution in [0.5, 0.6) is 0 Å². The van der Waals surface area contributed by atoms with E-state index in [0.717, 1.165) is 29.6 Å². The third-order valence-electron chi connectivity index (χ3n) is 5.26. The van der Waals surface area contributed by atoms with Gasteiger partial charge >= 0.3 is 0 Å². The maximum absolute atomic E-state index is 6.91. The molecule has 0 aromatic rings. The van der Waals surface area contributed by atoms with Crippen LogP contribution in [0.3, 0.4) is 0 Å². The molecule has 4 aliphatic carbocycles. The van der Waals surface area contributed by atoms with Crippen molar-refractivity contribution >= 4 is 11.6 Å². The van der Waals surface area contributed by atoms with Crippen molar-refractivity contribution in [1.82, 2.24) is 0 Å². The second kappa shape index (κ2) is 2.00. The van der Waals surface area contributed by atoms with Crippen molar-refractivity contribution in [3.8, 4) is 0 Å². The molecular weight excluding hydrogens is 180 g/mol. The van der Waals surface area contributed by atoms with Crippen molar-refractivity contribution in [2.24, 2.45) is 29.6 Å². The van der Waals surface area contributed by atoms with Gasteiger partial charge in [-0.2, -0.15) is 0 Å². The molecule has 0 saturated heterocycles. The molecule has 4 bridgehead atoms. The summed E-state index contributed by atoms with van der Waals surface area (Å²) in [5, 5.41) is 0. The molecule has 0 aromatic carbocycles. The molecule has 0 aromatic heterocycles. The summed E-state index contributed by atoms with van der Waals surface area (Å²) in [4.78, 5) is 0.225. The van der Waals surface area contributed by atoms with Gasteiger partial charge in [-0.05, 0) is 55.3 Å². The molecule has 3 fully saturated rings. The predicted molar refractivity (Wildman–Crippen MR) is 53.6 cm³/mol. The predicted octanol–water partition coefficient (Wildman–Crippen LogP) is 3.22. The van der Waals surface area contributed by atoms with Gasteiger partial charge in [-0.1, -0.05) is 12.2 Å². The summed E-state index contributed by atoms with van der Waals surface area (Å²) in [7, 11) is 0. The van der Waals surface area contributed by atoms with Gasteiger partial charge in [0.25, 0.3) is 0 Å².